The average molecular weight is 320 g/mol. The van der Waals surface area contributed by atoms with Gasteiger partial charge in [0.25, 0.3) is 0 Å². The van der Waals surface area contributed by atoms with Crippen LogP contribution in [0.4, 0.5) is 0 Å². The van der Waals surface area contributed by atoms with Gasteiger partial charge in [-0.05, 0) is 38.5 Å². The summed E-state index contributed by atoms with van der Waals surface area (Å²) < 4.78 is 12.0. The summed E-state index contributed by atoms with van der Waals surface area (Å²) in [6.45, 7) is 8.04. The molecule has 3 atom stereocenters. The van der Waals surface area contributed by atoms with Gasteiger partial charge in [-0.25, -0.2) is 0 Å². The van der Waals surface area contributed by atoms with E-state index in [9.17, 15) is 5.11 Å². The van der Waals surface area contributed by atoms with Crippen molar-refractivity contribution in [2.45, 2.75) is 103 Å². The number of hydrogen-bond acceptors (Lipinski definition) is 3. The zero-order chi connectivity index (χ0) is 17.1. The number of ether oxygens (including phenoxy) is 2. The van der Waals surface area contributed by atoms with Crippen LogP contribution in [0.2, 0.25) is 0 Å². The third-order valence-corrected chi connectivity index (χ3v) is 3.96. The van der Waals surface area contributed by atoms with Gasteiger partial charge in [0.05, 0.1) is 12.2 Å². The van der Waals surface area contributed by atoms with E-state index in [4.69, 9.17) is 9.47 Å². The third-order valence-electron chi connectivity index (χ3n) is 3.96. The van der Waals surface area contributed by atoms with Crippen LogP contribution < -0.4 is 0 Å². The Morgan fingerprint density at radius 2 is 1.70 bits per heavy atom. The second-order valence-corrected chi connectivity index (χ2v) is 6.61. The highest BCUT2D eigenvalue weighted by Gasteiger charge is 2.40. The second kappa shape index (κ2) is 10.7. The van der Waals surface area contributed by atoms with Gasteiger partial charge in [0.2, 0.25) is 0 Å². The summed E-state index contributed by atoms with van der Waals surface area (Å²) in [5.41, 5.74) is 0. The van der Waals surface area contributed by atoms with E-state index in [2.05, 4.69) is 30.6 Å². The first-order chi connectivity index (χ1) is 11.0. The molecule has 0 amide bonds. The van der Waals surface area contributed by atoms with Gasteiger partial charge in [-0.15, -0.1) is 0 Å². The molecule has 130 valence electrons. The third kappa shape index (κ3) is 8.42. The summed E-state index contributed by atoms with van der Waals surface area (Å²) in [7, 11) is 0. The highest BCUT2D eigenvalue weighted by molar-refractivity contribution is 5.27. The van der Waals surface area contributed by atoms with E-state index in [1.54, 1.807) is 0 Å². The van der Waals surface area contributed by atoms with E-state index in [1.807, 2.05) is 20.8 Å². The van der Waals surface area contributed by atoms with Crippen molar-refractivity contribution in [3.05, 3.63) is 0 Å². The molecule has 1 N–H and O–H groups in total. The molecule has 0 aromatic rings. The van der Waals surface area contributed by atoms with Crippen LogP contribution in [0.3, 0.4) is 0 Å². The second-order valence-electron chi connectivity index (χ2n) is 6.61. The van der Waals surface area contributed by atoms with Crippen LogP contribution in [-0.4, -0.2) is 29.2 Å². The summed E-state index contributed by atoms with van der Waals surface area (Å²) >= 11 is 0. The Morgan fingerprint density at radius 3 is 2.39 bits per heavy atom. The minimum absolute atomic E-state index is 0.0153. The van der Waals surface area contributed by atoms with Crippen molar-refractivity contribution in [2.24, 2.45) is 0 Å². The van der Waals surface area contributed by atoms with Gasteiger partial charge in [0.15, 0.2) is 5.79 Å². The lowest BCUT2D eigenvalue weighted by molar-refractivity contribution is -0.146. The maximum Gasteiger partial charge on any atom is 0.163 e. The normalized spacial score (nSPS) is 23.5. The van der Waals surface area contributed by atoms with Gasteiger partial charge < -0.3 is 14.6 Å². The molecular weight excluding hydrogens is 288 g/mol. The van der Waals surface area contributed by atoms with E-state index in [-0.39, 0.29) is 12.2 Å². The van der Waals surface area contributed by atoms with Crippen molar-refractivity contribution in [1.82, 2.24) is 0 Å². The predicted molar refractivity (Wildman–Crippen MR) is 93.7 cm³/mol. The molecule has 0 aromatic heterocycles. The Hall–Kier alpha value is -1.00. The molecule has 1 fully saturated rings. The van der Waals surface area contributed by atoms with Gasteiger partial charge >= 0.3 is 0 Å². The quantitative estimate of drug-likeness (QED) is 0.542. The predicted octanol–water partition coefficient (Wildman–Crippen LogP) is 4.03. The first-order valence-electron chi connectivity index (χ1n) is 9.00. The van der Waals surface area contributed by atoms with Crippen LogP contribution in [-0.2, 0) is 9.47 Å². The molecule has 3 nitrogen and oxygen atoms in total. The Kier molecular flexibility index (Phi) is 9.34. The highest BCUT2D eigenvalue weighted by Crippen LogP contribution is 2.32. The molecule has 3 heteroatoms. The van der Waals surface area contributed by atoms with Crippen molar-refractivity contribution in [2.75, 3.05) is 0 Å². The summed E-state index contributed by atoms with van der Waals surface area (Å²) in [5, 5.41) is 9.35. The number of rotatable bonds is 8. The molecule has 0 radical (unpaired) electrons. The minimum Gasteiger partial charge on any atom is -0.380 e. The van der Waals surface area contributed by atoms with Crippen molar-refractivity contribution in [3.8, 4) is 23.7 Å². The maximum atomic E-state index is 9.35. The van der Waals surface area contributed by atoms with E-state index in [1.165, 1.54) is 32.1 Å². The smallest absolute Gasteiger partial charge is 0.163 e. The van der Waals surface area contributed by atoms with Gasteiger partial charge in [-0.1, -0.05) is 57.8 Å². The largest absolute Gasteiger partial charge is 0.380 e. The molecule has 0 aromatic carbocycles. The fourth-order valence-electron chi connectivity index (χ4n) is 2.69. The summed E-state index contributed by atoms with van der Waals surface area (Å²) in [4.78, 5) is 0. The fourth-order valence-corrected chi connectivity index (χ4v) is 2.69. The number of aliphatic hydroxyl groups excluding tert-OH is 1. The summed E-state index contributed by atoms with van der Waals surface area (Å²) in [5.74, 6) is 10.7. The molecule has 1 aliphatic heterocycles. The van der Waals surface area contributed by atoms with Crippen LogP contribution in [0.15, 0.2) is 0 Å². The molecule has 0 aliphatic carbocycles. The highest BCUT2D eigenvalue weighted by atomic mass is 16.7. The molecule has 1 heterocycles. The molecule has 0 spiro atoms. The monoisotopic (exact) mass is 320 g/mol. The average Bonchev–Trinajstić information content (AvgIpc) is 2.80. The Morgan fingerprint density at radius 1 is 1.00 bits per heavy atom. The van der Waals surface area contributed by atoms with Crippen LogP contribution in [0, 0.1) is 23.7 Å². The molecule has 0 bridgehead atoms. The molecule has 23 heavy (non-hydrogen) atoms. The first kappa shape index (κ1) is 20.0. The van der Waals surface area contributed by atoms with Crippen molar-refractivity contribution in [1.29, 1.82) is 0 Å². The first-order valence-corrected chi connectivity index (χ1v) is 9.00. The number of aliphatic hydroxyl groups is 1. The summed E-state index contributed by atoms with van der Waals surface area (Å²) in [6, 6.07) is 0. The molecule has 0 unspecified atom stereocenters. The minimum atomic E-state index is -0.579. The number of hydrogen-bond donors (Lipinski definition) is 1. The van der Waals surface area contributed by atoms with Gasteiger partial charge in [0, 0.05) is 6.42 Å². The lowest BCUT2D eigenvalue weighted by Crippen LogP contribution is -2.21. The molecular formula is C20H32O3. The molecule has 0 saturated carbocycles. The van der Waals surface area contributed by atoms with Crippen molar-refractivity contribution >= 4 is 0 Å². The lowest BCUT2D eigenvalue weighted by Gasteiger charge is -2.16. The Bertz CT molecular complexity index is 447. The van der Waals surface area contributed by atoms with Gasteiger partial charge in [-0.3, -0.25) is 0 Å². The Labute approximate surface area is 142 Å². The topological polar surface area (TPSA) is 38.7 Å². The fraction of sp³-hybridized carbons (Fsp3) is 0.800. The van der Waals surface area contributed by atoms with Gasteiger partial charge in [0.1, 0.15) is 6.10 Å². The Balaban J connectivity index is 2.43. The van der Waals surface area contributed by atoms with E-state index < -0.39 is 11.9 Å². The van der Waals surface area contributed by atoms with Crippen molar-refractivity contribution < 1.29 is 14.6 Å². The van der Waals surface area contributed by atoms with Gasteiger partial charge in [-0.2, -0.15) is 0 Å². The van der Waals surface area contributed by atoms with Crippen LogP contribution in [0.25, 0.3) is 0 Å². The van der Waals surface area contributed by atoms with Crippen molar-refractivity contribution in [3.63, 3.8) is 0 Å². The molecule has 1 saturated heterocycles. The standard InChI is InChI=1S/C20H32O3/c1-5-7-8-9-12-15-18-19(23-20(3,4)22-18)16-13-10-11-14-17(21)6-2/h17-19,21H,5-9,12,15-16H2,1-4H3/t17-,18-,19-/m0/s1. The maximum absolute atomic E-state index is 9.35. The number of unbranched alkanes of at least 4 members (excludes halogenated alkanes) is 4. The summed E-state index contributed by atoms with van der Waals surface area (Å²) in [6.07, 6.45) is 8.15. The molecule has 1 rings (SSSR count). The van der Waals surface area contributed by atoms with E-state index in [0.717, 1.165) is 6.42 Å². The zero-order valence-electron chi connectivity index (χ0n) is 15.2. The van der Waals surface area contributed by atoms with Crippen LogP contribution >= 0.6 is 0 Å². The van der Waals surface area contributed by atoms with E-state index in [0.29, 0.717) is 12.8 Å². The van der Waals surface area contributed by atoms with Crippen LogP contribution in [0.1, 0.15) is 79.1 Å². The molecule has 1 aliphatic rings. The zero-order valence-corrected chi connectivity index (χ0v) is 15.2. The lowest BCUT2D eigenvalue weighted by atomic mass is 10.0. The SMILES string of the molecule is CCCCCCC[C@@H]1OC(C)(C)O[C@H]1CC#CC#C[C@@H](O)CC. The van der Waals surface area contributed by atoms with E-state index >= 15 is 0 Å². The van der Waals surface area contributed by atoms with Crippen LogP contribution in [0.5, 0.6) is 0 Å².